The van der Waals surface area contributed by atoms with Crippen LogP contribution >= 0.6 is 11.6 Å². The van der Waals surface area contributed by atoms with Crippen LogP contribution in [0, 0.1) is 0 Å². The fourth-order valence-electron chi connectivity index (χ4n) is 2.26. The molecule has 0 saturated carbocycles. The van der Waals surface area contributed by atoms with Crippen LogP contribution in [0.5, 0.6) is 0 Å². The molecule has 0 radical (unpaired) electrons. The van der Waals surface area contributed by atoms with Crippen LogP contribution in [-0.2, 0) is 28.4 Å². The Morgan fingerprint density at radius 2 is 1.57 bits per heavy atom. The molecule has 1 unspecified atom stereocenters. The second-order valence-corrected chi connectivity index (χ2v) is 7.35. The molecule has 1 atom stereocenters. The maximum Gasteiger partial charge on any atom is 0.307 e. The zero-order valence-corrected chi connectivity index (χ0v) is 14.3. The summed E-state index contributed by atoms with van der Waals surface area (Å²) in [4.78, 5) is 11.4. The smallest absolute Gasteiger partial charge is 0.307 e. The summed E-state index contributed by atoms with van der Waals surface area (Å²) in [6.45, 7) is 0. The van der Waals surface area contributed by atoms with Gasteiger partial charge in [0.2, 0.25) is 0 Å². The summed E-state index contributed by atoms with van der Waals surface area (Å²) in [6.07, 6.45) is 2.80. The number of aliphatic carboxylic acids is 1. The Labute approximate surface area is 143 Å². The quantitative estimate of drug-likeness (QED) is 0.729. The Balaban J connectivity index is 1.73. The van der Waals surface area contributed by atoms with Crippen molar-refractivity contribution in [3.05, 3.63) is 64.7 Å². The number of carbonyl (C=O) groups is 1. The maximum absolute atomic E-state index is 12.1. The van der Waals surface area contributed by atoms with Crippen molar-refractivity contribution in [2.45, 2.75) is 30.6 Å². The highest BCUT2D eigenvalue weighted by atomic mass is 35.5. The van der Waals surface area contributed by atoms with Gasteiger partial charge in [0.05, 0.1) is 17.2 Å². The molecule has 0 aliphatic rings. The Kier molecular flexibility index (Phi) is 6.81. The molecule has 2 rings (SSSR count). The molecule has 2 aromatic rings. The molecule has 0 saturated heterocycles. The average molecular weight is 351 g/mol. The lowest BCUT2D eigenvalue weighted by molar-refractivity contribution is -0.136. The van der Waals surface area contributed by atoms with Gasteiger partial charge in [0.15, 0.2) is 0 Å². The predicted octanol–water partition coefficient (Wildman–Crippen LogP) is 4.10. The molecule has 0 bridgehead atoms. The first-order valence-corrected chi connectivity index (χ1v) is 9.18. The minimum atomic E-state index is -0.984. The van der Waals surface area contributed by atoms with Crippen LogP contribution in [0.25, 0.3) is 0 Å². The summed E-state index contributed by atoms with van der Waals surface area (Å²) in [5.74, 6) is -0.180. The number of carboxylic acid groups (broad SMARTS) is 1. The molecule has 1 N–H and O–H groups in total. The van der Waals surface area contributed by atoms with Crippen molar-refractivity contribution < 1.29 is 14.1 Å². The third-order valence-electron chi connectivity index (χ3n) is 3.50. The van der Waals surface area contributed by atoms with Crippen LogP contribution in [-0.4, -0.2) is 21.0 Å². The number of carboxylic acids is 1. The highest BCUT2D eigenvalue weighted by molar-refractivity contribution is 7.85. The van der Waals surface area contributed by atoms with E-state index in [-0.39, 0.29) is 6.42 Å². The lowest BCUT2D eigenvalue weighted by atomic mass is 10.1. The SMILES string of the molecule is O=C(O)Cc1ccc(CCCCS(=O)c2ccc(Cl)cc2)cc1. The standard InChI is InChI=1S/C18H19ClO3S/c19-16-8-10-17(11-9-16)23(22)12-2-1-3-14-4-6-15(7-5-14)13-18(20)21/h4-11H,1-3,12-13H2,(H,20,21). The second-order valence-electron chi connectivity index (χ2n) is 5.35. The molecule has 3 nitrogen and oxygen atoms in total. The number of aryl methyl sites for hydroxylation is 1. The Bertz CT molecular complexity index is 666. The lowest BCUT2D eigenvalue weighted by Crippen LogP contribution is -2.00. The molecule has 122 valence electrons. The van der Waals surface area contributed by atoms with Crippen molar-refractivity contribution in [1.29, 1.82) is 0 Å². The summed E-state index contributed by atoms with van der Waals surface area (Å²) >= 11 is 5.82. The second kappa shape index (κ2) is 8.85. The molecular formula is C18H19ClO3S. The van der Waals surface area contributed by atoms with Crippen molar-refractivity contribution >= 4 is 28.4 Å². The van der Waals surface area contributed by atoms with E-state index >= 15 is 0 Å². The Morgan fingerprint density at radius 3 is 2.17 bits per heavy atom. The van der Waals surface area contributed by atoms with Crippen molar-refractivity contribution in [2.24, 2.45) is 0 Å². The molecule has 0 heterocycles. The molecule has 2 aromatic carbocycles. The first kappa shape index (κ1) is 17.7. The molecule has 23 heavy (non-hydrogen) atoms. The summed E-state index contributed by atoms with van der Waals surface area (Å²) < 4.78 is 12.1. The summed E-state index contributed by atoms with van der Waals surface area (Å²) in [5, 5.41) is 9.38. The summed E-state index contributed by atoms with van der Waals surface area (Å²) in [7, 11) is -0.984. The highest BCUT2D eigenvalue weighted by Crippen LogP contribution is 2.14. The molecule has 0 aliphatic heterocycles. The lowest BCUT2D eigenvalue weighted by Gasteiger charge is -2.04. The number of benzene rings is 2. The first-order valence-electron chi connectivity index (χ1n) is 7.48. The van der Waals surface area contributed by atoms with E-state index < -0.39 is 16.8 Å². The van der Waals surface area contributed by atoms with Gasteiger partial charge in [-0.3, -0.25) is 9.00 Å². The molecule has 0 aromatic heterocycles. The van der Waals surface area contributed by atoms with Crippen LogP contribution in [0.15, 0.2) is 53.4 Å². The van der Waals surface area contributed by atoms with Crippen molar-refractivity contribution in [2.75, 3.05) is 5.75 Å². The maximum atomic E-state index is 12.1. The number of rotatable bonds is 8. The van der Waals surface area contributed by atoms with Gasteiger partial charge in [-0.15, -0.1) is 0 Å². The Morgan fingerprint density at radius 1 is 0.957 bits per heavy atom. The van der Waals surface area contributed by atoms with Gasteiger partial charge < -0.3 is 5.11 Å². The number of hydrogen-bond acceptors (Lipinski definition) is 2. The fourth-order valence-corrected chi connectivity index (χ4v) is 3.53. The molecule has 0 aliphatic carbocycles. The van der Waals surface area contributed by atoms with Gasteiger partial charge in [-0.1, -0.05) is 35.9 Å². The van der Waals surface area contributed by atoms with Crippen molar-refractivity contribution in [1.82, 2.24) is 0 Å². The molecule has 5 heteroatoms. The largest absolute Gasteiger partial charge is 0.481 e. The predicted molar refractivity (Wildman–Crippen MR) is 93.4 cm³/mol. The van der Waals surface area contributed by atoms with E-state index in [0.29, 0.717) is 10.8 Å². The fraction of sp³-hybridized carbons (Fsp3) is 0.278. The number of hydrogen-bond donors (Lipinski definition) is 1. The topological polar surface area (TPSA) is 54.4 Å². The zero-order valence-electron chi connectivity index (χ0n) is 12.7. The molecular weight excluding hydrogens is 332 g/mol. The van der Waals surface area contributed by atoms with Crippen molar-refractivity contribution in [3.63, 3.8) is 0 Å². The van der Waals surface area contributed by atoms with Crippen LogP contribution < -0.4 is 0 Å². The van der Waals surface area contributed by atoms with Crippen molar-refractivity contribution in [3.8, 4) is 0 Å². The van der Waals surface area contributed by atoms with Gasteiger partial charge in [-0.25, -0.2) is 0 Å². The van der Waals surface area contributed by atoms with E-state index in [9.17, 15) is 9.00 Å². The van der Waals surface area contributed by atoms with Crippen LogP contribution in [0.3, 0.4) is 0 Å². The van der Waals surface area contributed by atoms with E-state index in [1.54, 1.807) is 24.3 Å². The van der Waals surface area contributed by atoms with E-state index in [0.717, 1.165) is 29.7 Å². The van der Waals surface area contributed by atoms with Crippen LogP contribution in [0.1, 0.15) is 24.0 Å². The third-order valence-corrected chi connectivity index (χ3v) is 5.21. The minimum Gasteiger partial charge on any atom is -0.481 e. The number of unbranched alkanes of at least 4 members (excludes halogenated alkanes) is 1. The van der Waals surface area contributed by atoms with Gasteiger partial charge in [0.25, 0.3) is 0 Å². The van der Waals surface area contributed by atoms with E-state index in [4.69, 9.17) is 16.7 Å². The molecule has 0 spiro atoms. The van der Waals surface area contributed by atoms with Gasteiger partial charge in [0.1, 0.15) is 0 Å². The highest BCUT2D eigenvalue weighted by Gasteiger charge is 2.04. The van der Waals surface area contributed by atoms with Gasteiger partial charge in [-0.2, -0.15) is 0 Å². The monoisotopic (exact) mass is 350 g/mol. The number of halogens is 1. The van der Waals surface area contributed by atoms with Gasteiger partial charge in [-0.05, 0) is 54.7 Å². The molecule has 0 amide bonds. The van der Waals surface area contributed by atoms with Crippen LogP contribution in [0.4, 0.5) is 0 Å². The third kappa shape index (κ3) is 6.16. The zero-order chi connectivity index (χ0) is 16.7. The summed E-state index contributed by atoms with van der Waals surface area (Å²) in [5.41, 5.74) is 1.99. The normalized spacial score (nSPS) is 12.0. The van der Waals surface area contributed by atoms with Gasteiger partial charge in [0, 0.05) is 15.7 Å². The first-order chi connectivity index (χ1) is 11.0. The Hall–Kier alpha value is -1.65. The van der Waals surface area contributed by atoms with Gasteiger partial charge >= 0.3 is 5.97 Å². The van der Waals surface area contributed by atoms with E-state index in [1.807, 2.05) is 24.3 Å². The molecule has 0 fully saturated rings. The van der Waals surface area contributed by atoms with E-state index in [1.165, 1.54) is 5.56 Å². The summed E-state index contributed by atoms with van der Waals surface area (Å²) in [6, 6.07) is 14.8. The minimum absolute atomic E-state index is 0.0559. The van der Waals surface area contributed by atoms with E-state index in [2.05, 4.69) is 0 Å². The van der Waals surface area contributed by atoms with Crippen LogP contribution in [0.2, 0.25) is 5.02 Å². The average Bonchev–Trinajstić information content (AvgIpc) is 2.53.